The number of aryl methyl sites for hydroxylation is 1. The molecular weight excluding hydrogens is 370 g/mol. The van der Waals surface area contributed by atoms with Crippen molar-refractivity contribution in [3.8, 4) is 28.5 Å². The SMILES string of the molecule is COc1ccc(-c2cc(Nc3ccc(C)cc3)nc3ncnn23)c(OC)c1OC. The van der Waals surface area contributed by atoms with Crippen molar-refractivity contribution >= 4 is 17.3 Å². The molecule has 0 aliphatic carbocycles. The van der Waals surface area contributed by atoms with Crippen molar-refractivity contribution in [2.75, 3.05) is 26.6 Å². The Morgan fingerprint density at radius 2 is 1.66 bits per heavy atom. The highest BCUT2D eigenvalue weighted by Gasteiger charge is 2.20. The summed E-state index contributed by atoms with van der Waals surface area (Å²) in [6.45, 7) is 2.05. The molecule has 8 heteroatoms. The minimum atomic E-state index is 0.467. The third kappa shape index (κ3) is 3.40. The lowest BCUT2D eigenvalue weighted by molar-refractivity contribution is 0.325. The van der Waals surface area contributed by atoms with E-state index >= 15 is 0 Å². The summed E-state index contributed by atoms with van der Waals surface area (Å²) >= 11 is 0. The molecule has 0 fully saturated rings. The van der Waals surface area contributed by atoms with Crippen LogP contribution in [-0.4, -0.2) is 40.9 Å². The van der Waals surface area contributed by atoms with Crippen LogP contribution in [0.2, 0.25) is 0 Å². The number of rotatable bonds is 6. The topological polar surface area (TPSA) is 82.8 Å². The number of benzene rings is 2. The van der Waals surface area contributed by atoms with Crippen molar-refractivity contribution in [2.45, 2.75) is 6.92 Å². The van der Waals surface area contributed by atoms with Gasteiger partial charge in [-0.3, -0.25) is 0 Å². The highest BCUT2D eigenvalue weighted by molar-refractivity contribution is 5.77. The first-order valence-corrected chi connectivity index (χ1v) is 8.98. The molecule has 0 aliphatic rings. The molecule has 2 aromatic carbocycles. The van der Waals surface area contributed by atoms with Crippen molar-refractivity contribution in [1.82, 2.24) is 19.6 Å². The van der Waals surface area contributed by atoms with E-state index in [2.05, 4.69) is 20.4 Å². The summed E-state index contributed by atoms with van der Waals surface area (Å²) in [6.07, 6.45) is 1.47. The number of nitrogens with zero attached hydrogens (tertiary/aromatic N) is 4. The van der Waals surface area contributed by atoms with E-state index in [1.165, 1.54) is 11.9 Å². The molecule has 4 aromatic rings. The fraction of sp³-hybridized carbons (Fsp3) is 0.190. The molecule has 0 spiro atoms. The fourth-order valence-electron chi connectivity index (χ4n) is 3.16. The van der Waals surface area contributed by atoms with Crippen LogP contribution in [-0.2, 0) is 0 Å². The zero-order chi connectivity index (χ0) is 20.4. The molecule has 0 unspecified atom stereocenters. The van der Waals surface area contributed by atoms with Crippen LogP contribution in [0.5, 0.6) is 17.2 Å². The smallest absolute Gasteiger partial charge is 0.254 e. The monoisotopic (exact) mass is 391 g/mol. The van der Waals surface area contributed by atoms with Crippen LogP contribution in [0.1, 0.15) is 5.56 Å². The fourth-order valence-corrected chi connectivity index (χ4v) is 3.16. The van der Waals surface area contributed by atoms with E-state index < -0.39 is 0 Å². The van der Waals surface area contributed by atoms with Gasteiger partial charge in [0.2, 0.25) is 5.75 Å². The Labute approximate surface area is 168 Å². The quantitative estimate of drug-likeness (QED) is 0.534. The third-order valence-corrected chi connectivity index (χ3v) is 4.56. The van der Waals surface area contributed by atoms with E-state index in [4.69, 9.17) is 14.2 Å². The number of anilines is 2. The highest BCUT2D eigenvalue weighted by atomic mass is 16.5. The maximum Gasteiger partial charge on any atom is 0.254 e. The molecule has 0 bridgehead atoms. The van der Waals surface area contributed by atoms with Gasteiger partial charge < -0.3 is 19.5 Å². The van der Waals surface area contributed by atoms with Crippen molar-refractivity contribution in [3.05, 3.63) is 54.4 Å². The Hall–Kier alpha value is -3.81. The Balaban J connectivity index is 1.87. The van der Waals surface area contributed by atoms with Crippen LogP contribution in [0.3, 0.4) is 0 Å². The molecule has 4 rings (SSSR count). The first kappa shape index (κ1) is 18.5. The van der Waals surface area contributed by atoms with Gasteiger partial charge in [-0.1, -0.05) is 17.7 Å². The average molecular weight is 391 g/mol. The summed E-state index contributed by atoms with van der Waals surface area (Å²) in [7, 11) is 4.75. The molecule has 0 saturated carbocycles. The maximum atomic E-state index is 5.65. The first-order chi connectivity index (χ1) is 14.1. The predicted molar refractivity (Wildman–Crippen MR) is 110 cm³/mol. The zero-order valence-corrected chi connectivity index (χ0v) is 16.6. The molecular formula is C21H21N5O3. The molecule has 2 heterocycles. The van der Waals surface area contributed by atoms with Crippen LogP contribution < -0.4 is 19.5 Å². The lowest BCUT2D eigenvalue weighted by Gasteiger charge is -2.17. The number of hydrogen-bond donors (Lipinski definition) is 1. The lowest BCUT2D eigenvalue weighted by atomic mass is 10.1. The molecule has 148 valence electrons. The van der Waals surface area contributed by atoms with Gasteiger partial charge in [-0.15, -0.1) is 0 Å². The van der Waals surface area contributed by atoms with E-state index in [1.54, 1.807) is 25.8 Å². The van der Waals surface area contributed by atoms with Gasteiger partial charge in [0.1, 0.15) is 12.1 Å². The minimum absolute atomic E-state index is 0.467. The molecule has 29 heavy (non-hydrogen) atoms. The summed E-state index contributed by atoms with van der Waals surface area (Å²) < 4.78 is 18.2. The largest absolute Gasteiger partial charge is 0.493 e. The molecule has 0 saturated heterocycles. The third-order valence-electron chi connectivity index (χ3n) is 4.56. The van der Waals surface area contributed by atoms with Gasteiger partial charge in [-0.2, -0.15) is 19.6 Å². The Bertz CT molecular complexity index is 1160. The molecule has 0 aliphatic heterocycles. The minimum Gasteiger partial charge on any atom is -0.493 e. The van der Waals surface area contributed by atoms with Gasteiger partial charge in [-0.25, -0.2) is 0 Å². The number of ether oxygens (including phenoxy) is 3. The number of hydrogen-bond acceptors (Lipinski definition) is 7. The van der Waals surface area contributed by atoms with E-state index in [0.29, 0.717) is 28.8 Å². The summed E-state index contributed by atoms with van der Waals surface area (Å²) in [5.74, 6) is 2.73. The Morgan fingerprint density at radius 1 is 0.897 bits per heavy atom. The number of fused-ring (bicyclic) bond motifs is 1. The van der Waals surface area contributed by atoms with Crippen LogP contribution in [0, 0.1) is 6.92 Å². The summed E-state index contributed by atoms with van der Waals surface area (Å²) in [5, 5.41) is 7.64. The molecule has 0 atom stereocenters. The maximum absolute atomic E-state index is 5.65. The highest BCUT2D eigenvalue weighted by Crippen LogP contribution is 2.44. The normalized spacial score (nSPS) is 10.8. The van der Waals surface area contributed by atoms with Crippen LogP contribution in [0.15, 0.2) is 48.8 Å². The Morgan fingerprint density at radius 3 is 2.34 bits per heavy atom. The van der Waals surface area contributed by atoms with Crippen molar-refractivity contribution < 1.29 is 14.2 Å². The number of nitrogens with one attached hydrogen (secondary N) is 1. The predicted octanol–water partition coefficient (Wildman–Crippen LogP) is 3.87. The number of methoxy groups -OCH3 is 3. The van der Waals surface area contributed by atoms with Gasteiger partial charge in [0, 0.05) is 17.3 Å². The van der Waals surface area contributed by atoms with E-state index in [9.17, 15) is 0 Å². The molecule has 8 nitrogen and oxygen atoms in total. The van der Waals surface area contributed by atoms with Crippen molar-refractivity contribution in [2.24, 2.45) is 0 Å². The number of aromatic nitrogens is 4. The van der Waals surface area contributed by atoms with Crippen molar-refractivity contribution in [3.63, 3.8) is 0 Å². The second kappa shape index (κ2) is 7.67. The van der Waals surface area contributed by atoms with Gasteiger partial charge in [-0.05, 0) is 31.2 Å². The van der Waals surface area contributed by atoms with Gasteiger partial charge in [0.05, 0.1) is 27.0 Å². The lowest BCUT2D eigenvalue weighted by Crippen LogP contribution is -2.03. The van der Waals surface area contributed by atoms with Gasteiger partial charge in [0.25, 0.3) is 5.78 Å². The van der Waals surface area contributed by atoms with Crippen LogP contribution >= 0.6 is 0 Å². The van der Waals surface area contributed by atoms with Gasteiger partial charge in [0.15, 0.2) is 11.5 Å². The van der Waals surface area contributed by atoms with Crippen LogP contribution in [0.4, 0.5) is 11.5 Å². The van der Waals surface area contributed by atoms with E-state index in [-0.39, 0.29) is 0 Å². The molecule has 1 N–H and O–H groups in total. The van der Waals surface area contributed by atoms with Gasteiger partial charge >= 0.3 is 0 Å². The summed E-state index contributed by atoms with van der Waals surface area (Å²) in [4.78, 5) is 8.81. The van der Waals surface area contributed by atoms with E-state index in [1.807, 2.05) is 49.4 Å². The van der Waals surface area contributed by atoms with E-state index in [0.717, 1.165) is 16.9 Å². The zero-order valence-electron chi connectivity index (χ0n) is 16.6. The summed E-state index contributed by atoms with van der Waals surface area (Å²) in [5.41, 5.74) is 3.64. The first-order valence-electron chi connectivity index (χ1n) is 8.98. The standard InChI is InChI=1S/C21H21N5O3/c1-13-5-7-14(8-6-13)24-18-11-16(26-21(25-18)22-12-23-26)15-9-10-17(27-2)20(29-4)19(15)28-3/h5-12H,1-4H3,(H,22,23,24,25). The summed E-state index contributed by atoms with van der Waals surface area (Å²) in [6, 6.07) is 13.7. The second-order valence-corrected chi connectivity index (χ2v) is 6.37. The molecule has 2 aromatic heterocycles. The molecule has 0 radical (unpaired) electrons. The van der Waals surface area contributed by atoms with Crippen LogP contribution in [0.25, 0.3) is 17.0 Å². The molecule has 0 amide bonds. The van der Waals surface area contributed by atoms with Crippen molar-refractivity contribution in [1.29, 1.82) is 0 Å². The average Bonchev–Trinajstić information content (AvgIpc) is 3.22. The Kier molecular flexibility index (Phi) is 4.90. The second-order valence-electron chi connectivity index (χ2n) is 6.37.